The lowest BCUT2D eigenvalue weighted by molar-refractivity contribution is -0.133. The first-order valence-electron chi connectivity index (χ1n) is 13.7. The lowest BCUT2D eigenvalue weighted by atomic mass is 9.76. The van der Waals surface area contributed by atoms with Gasteiger partial charge in [0.05, 0.1) is 16.6 Å². The number of nitrogens with zero attached hydrogens (tertiary/aromatic N) is 3. The first-order chi connectivity index (χ1) is 18.9. The van der Waals surface area contributed by atoms with Crippen LogP contribution in [0.15, 0.2) is 48.5 Å². The highest BCUT2D eigenvalue weighted by molar-refractivity contribution is 7.18. The number of halogens is 1. The average molecular weight is 543 g/mol. The van der Waals surface area contributed by atoms with Crippen molar-refractivity contribution in [2.24, 2.45) is 5.92 Å². The van der Waals surface area contributed by atoms with Gasteiger partial charge in [0.25, 0.3) is 0 Å². The summed E-state index contributed by atoms with van der Waals surface area (Å²) in [6.45, 7) is 3.10. The maximum absolute atomic E-state index is 13.7. The second kappa shape index (κ2) is 10.2. The highest BCUT2D eigenvalue weighted by atomic mass is 32.1. The minimum atomic E-state index is -0.696. The molecule has 2 saturated carbocycles. The molecule has 2 unspecified atom stereocenters. The molecular formula is C31H31FN4O2S. The molecule has 1 saturated heterocycles. The van der Waals surface area contributed by atoms with E-state index in [-0.39, 0.29) is 29.5 Å². The van der Waals surface area contributed by atoms with Crippen molar-refractivity contribution in [1.82, 2.24) is 15.2 Å². The summed E-state index contributed by atoms with van der Waals surface area (Å²) in [6, 6.07) is 17.2. The summed E-state index contributed by atoms with van der Waals surface area (Å²) in [6.07, 6.45) is 5.05. The first-order valence-corrected chi connectivity index (χ1v) is 14.5. The smallest absolute Gasteiger partial charge is 0.225 e. The number of amides is 2. The highest BCUT2D eigenvalue weighted by Gasteiger charge is 2.47. The molecule has 3 aromatic rings. The Kier molecular flexibility index (Phi) is 6.72. The van der Waals surface area contributed by atoms with Crippen LogP contribution in [0.2, 0.25) is 0 Å². The number of hydrogen-bond donors (Lipinski definition) is 1. The maximum atomic E-state index is 13.7. The molecule has 0 radical (unpaired) electrons. The van der Waals surface area contributed by atoms with E-state index in [2.05, 4.69) is 35.7 Å². The third-order valence-corrected chi connectivity index (χ3v) is 9.67. The van der Waals surface area contributed by atoms with Gasteiger partial charge in [-0.3, -0.25) is 9.59 Å². The molecule has 3 aliphatic rings. The molecule has 6 nitrogen and oxygen atoms in total. The summed E-state index contributed by atoms with van der Waals surface area (Å²) in [7, 11) is 0. The zero-order valence-corrected chi connectivity index (χ0v) is 22.8. The van der Waals surface area contributed by atoms with Crippen molar-refractivity contribution in [1.29, 1.82) is 5.26 Å². The Hall–Kier alpha value is -3.57. The van der Waals surface area contributed by atoms with Crippen molar-refractivity contribution in [3.05, 3.63) is 65.6 Å². The Morgan fingerprint density at radius 1 is 1.05 bits per heavy atom. The van der Waals surface area contributed by atoms with E-state index in [1.807, 2.05) is 4.90 Å². The zero-order chi connectivity index (χ0) is 27.1. The molecular weight excluding hydrogens is 511 g/mol. The fourth-order valence-corrected chi connectivity index (χ4v) is 7.00. The zero-order valence-electron chi connectivity index (χ0n) is 22.0. The maximum Gasteiger partial charge on any atom is 0.225 e. The molecule has 39 heavy (non-hydrogen) atoms. The molecule has 0 bridgehead atoms. The third kappa shape index (κ3) is 5.08. The van der Waals surface area contributed by atoms with Gasteiger partial charge in [0.1, 0.15) is 16.4 Å². The number of thiazole rings is 1. The molecule has 2 amide bonds. The van der Waals surface area contributed by atoms with Gasteiger partial charge < -0.3 is 10.2 Å². The molecule has 0 spiro atoms. The fraction of sp³-hybridized carbons (Fsp3) is 0.419. The Morgan fingerprint density at radius 2 is 1.72 bits per heavy atom. The molecule has 3 fully saturated rings. The Labute approximate surface area is 231 Å². The van der Waals surface area contributed by atoms with Crippen LogP contribution < -0.4 is 5.32 Å². The number of hydrogen-bond acceptors (Lipinski definition) is 5. The molecule has 2 aliphatic carbocycles. The largest absolute Gasteiger partial charge is 0.342 e. The molecule has 6 rings (SSSR count). The Bertz CT molecular complexity index is 1430. The van der Waals surface area contributed by atoms with Gasteiger partial charge in [-0.15, -0.1) is 11.3 Å². The monoisotopic (exact) mass is 542 g/mol. The number of benzene rings is 2. The van der Waals surface area contributed by atoms with Crippen molar-refractivity contribution in [2.75, 3.05) is 13.1 Å². The Balaban J connectivity index is 1.34. The van der Waals surface area contributed by atoms with Crippen LogP contribution in [0.5, 0.6) is 0 Å². The summed E-state index contributed by atoms with van der Waals surface area (Å²) in [4.78, 5) is 33.0. The lowest BCUT2D eigenvalue weighted by Gasteiger charge is -2.39. The molecule has 1 aromatic heterocycles. The second-order valence-electron chi connectivity index (χ2n) is 11.2. The average Bonchev–Trinajstić information content (AvgIpc) is 3.55. The van der Waals surface area contributed by atoms with Crippen LogP contribution in [-0.2, 0) is 9.59 Å². The second-order valence-corrected chi connectivity index (χ2v) is 12.2. The molecule has 2 heterocycles. The SMILES string of the molecule is CC(=O)N1CC(c2ccc(-c3sc(-c4ccc(F)cc4)nc3C3CCCCC3C(=O)NC3(C#N)CC3)cc2)C1. The van der Waals surface area contributed by atoms with Crippen LogP contribution in [0.3, 0.4) is 0 Å². The van der Waals surface area contributed by atoms with Gasteiger partial charge in [0.15, 0.2) is 0 Å². The van der Waals surface area contributed by atoms with Crippen molar-refractivity contribution in [3.8, 4) is 27.1 Å². The minimum Gasteiger partial charge on any atom is -0.342 e. The number of aromatic nitrogens is 1. The van der Waals surface area contributed by atoms with E-state index in [0.29, 0.717) is 18.8 Å². The lowest BCUT2D eigenvalue weighted by Crippen LogP contribution is -2.47. The van der Waals surface area contributed by atoms with E-state index in [0.717, 1.165) is 65.5 Å². The van der Waals surface area contributed by atoms with Crippen molar-refractivity contribution in [3.63, 3.8) is 0 Å². The number of nitriles is 1. The topological polar surface area (TPSA) is 86.1 Å². The Morgan fingerprint density at radius 3 is 2.36 bits per heavy atom. The van der Waals surface area contributed by atoms with Crippen LogP contribution in [0.4, 0.5) is 4.39 Å². The van der Waals surface area contributed by atoms with Crippen molar-refractivity contribution < 1.29 is 14.0 Å². The summed E-state index contributed by atoms with van der Waals surface area (Å²) < 4.78 is 13.7. The summed E-state index contributed by atoms with van der Waals surface area (Å²) in [5, 5.41) is 13.4. The van der Waals surface area contributed by atoms with Gasteiger partial charge in [-0.05, 0) is 61.1 Å². The van der Waals surface area contributed by atoms with Gasteiger partial charge in [-0.25, -0.2) is 9.37 Å². The normalized spacial score (nSPS) is 22.0. The molecule has 1 aliphatic heterocycles. The predicted molar refractivity (Wildman–Crippen MR) is 148 cm³/mol. The van der Waals surface area contributed by atoms with Gasteiger partial charge in [0.2, 0.25) is 11.8 Å². The predicted octanol–water partition coefficient (Wildman–Crippen LogP) is 6.01. The van der Waals surface area contributed by atoms with Gasteiger partial charge >= 0.3 is 0 Å². The highest BCUT2D eigenvalue weighted by Crippen LogP contribution is 2.46. The van der Waals surface area contributed by atoms with Gasteiger partial charge in [-0.2, -0.15) is 5.26 Å². The van der Waals surface area contributed by atoms with Crippen molar-refractivity contribution in [2.45, 2.75) is 62.8 Å². The van der Waals surface area contributed by atoms with Crippen molar-refractivity contribution >= 4 is 23.2 Å². The van der Waals surface area contributed by atoms with E-state index in [1.54, 1.807) is 30.4 Å². The van der Waals surface area contributed by atoms with E-state index >= 15 is 0 Å². The van der Waals surface area contributed by atoms with Crippen LogP contribution >= 0.6 is 11.3 Å². The quantitative estimate of drug-likeness (QED) is 0.414. The number of carbonyl (C=O) groups excluding carboxylic acids is 2. The standard InChI is InChI=1S/C31H31FN4O2S/c1-19(37)36-16-23(17-36)20-6-8-21(9-7-20)28-27(34-30(39-28)22-10-12-24(32)13-11-22)25-4-2-3-5-26(25)29(38)35-31(18-33)14-15-31/h6-13,23,25-26H,2-5,14-17H2,1H3,(H,35,38). The van der Waals surface area contributed by atoms with Crippen LogP contribution in [-0.4, -0.2) is 40.3 Å². The van der Waals surface area contributed by atoms with E-state index in [4.69, 9.17) is 4.98 Å². The van der Waals surface area contributed by atoms with Crippen LogP contribution in [0.25, 0.3) is 21.0 Å². The summed E-state index contributed by atoms with van der Waals surface area (Å²) in [5.41, 5.74) is 3.33. The van der Waals surface area contributed by atoms with Gasteiger partial charge in [0, 0.05) is 43.3 Å². The molecule has 2 aromatic carbocycles. The number of rotatable bonds is 6. The molecule has 1 N–H and O–H groups in total. The minimum absolute atomic E-state index is 0.0450. The van der Waals surface area contributed by atoms with E-state index in [1.165, 1.54) is 17.7 Å². The van der Waals surface area contributed by atoms with E-state index in [9.17, 15) is 19.2 Å². The third-order valence-electron chi connectivity index (χ3n) is 8.50. The number of carbonyl (C=O) groups is 2. The van der Waals surface area contributed by atoms with E-state index < -0.39 is 5.54 Å². The summed E-state index contributed by atoms with van der Waals surface area (Å²) >= 11 is 1.58. The summed E-state index contributed by atoms with van der Waals surface area (Å²) in [5.74, 6) is -0.168. The molecule has 8 heteroatoms. The first kappa shape index (κ1) is 25.7. The fourth-order valence-electron chi connectivity index (χ4n) is 5.85. The van der Waals surface area contributed by atoms with Gasteiger partial charge in [-0.1, -0.05) is 37.1 Å². The molecule has 200 valence electrons. The number of nitrogens with one attached hydrogen (secondary N) is 1. The van der Waals surface area contributed by atoms with Crippen LogP contribution in [0, 0.1) is 23.1 Å². The molecule has 2 atom stereocenters. The van der Waals surface area contributed by atoms with Crippen LogP contribution in [0.1, 0.15) is 68.5 Å². The number of likely N-dealkylation sites (tertiary alicyclic amines) is 1.